The lowest BCUT2D eigenvalue weighted by atomic mass is 10.2. The summed E-state index contributed by atoms with van der Waals surface area (Å²) < 4.78 is 6.57. The SMILES string of the molecule is CCNC(=O)COc1ccc(NC(=O)CCCc2nc3ccccc3s2)cc1. The summed E-state index contributed by atoms with van der Waals surface area (Å²) in [4.78, 5) is 28.1. The highest BCUT2D eigenvalue weighted by Gasteiger charge is 2.07. The minimum absolute atomic E-state index is 0.0225. The Morgan fingerprint density at radius 3 is 2.61 bits per heavy atom. The fourth-order valence-electron chi connectivity index (χ4n) is 2.68. The van der Waals surface area contributed by atoms with E-state index in [1.807, 2.05) is 25.1 Å². The maximum Gasteiger partial charge on any atom is 0.257 e. The van der Waals surface area contributed by atoms with Gasteiger partial charge < -0.3 is 15.4 Å². The first-order valence-electron chi connectivity index (χ1n) is 9.28. The molecule has 7 heteroatoms. The third-order valence-electron chi connectivity index (χ3n) is 4.01. The van der Waals surface area contributed by atoms with Crippen LogP contribution in [0.3, 0.4) is 0 Å². The highest BCUT2D eigenvalue weighted by Crippen LogP contribution is 2.23. The van der Waals surface area contributed by atoms with Gasteiger partial charge in [-0.2, -0.15) is 0 Å². The van der Waals surface area contributed by atoms with Gasteiger partial charge in [-0.05, 0) is 56.2 Å². The van der Waals surface area contributed by atoms with Crippen molar-refractivity contribution >= 4 is 39.1 Å². The third kappa shape index (κ3) is 5.79. The van der Waals surface area contributed by atoms with E-state index in [-0.39, 0.29) is 18.4 Å². The molecule has 0 unspecified atom stereocenters. The predicted molar refractivity (Wildman–Crippen MR) is 112 cm³/mol. The number of thiazole rings is 1. The molecule has 6 nitrogen and oxygen atoms in total. The number of aromatic nitrogens is 1. The summed E-state index contributed by atoms with van der Waals surface area (Å²) in [5.41, 5.74) is 1.72. The molecular weight excluding hydrogens is 374 g/mol. The summed E-state index contributed by atoms with van der Waals surface area (Å²) >= 11 is 1.68. The Kier molecular flexibility index (Phi) is 6.97. The molecule has 2 amide bonds. The van der Waals surface area contributed by atoms with Crippen LogP contribution < -0.4 is 15.4 Å². The number of nitrogens with zero attached hydrogens (tertiary/aromatic N) is 1. The van der Waals surface area contributed by atoms with E-state index in [1.54, 1.807) is 35.6 Å². The molecule has 1 aromatic heterocycles. The Morgan fingerprint density at radius 2 is 1.86 bits per heavy atom. The van der Waals surface area contributed by atoms with Gasteiger partial charge in [-0.1, -0.05) is 12.1 Å². The van der Waals surface area contributed by atoms with Crippen molar-refractivity contribution in [3.8, 4) is 5.75 Å². The van der Waals surface area contributed by atoms with Crippen LogP contribution in [0.1, 0.15) is 24.8 Å². The van der Waals surface area contributed by atoms with Crippen LogP contribution in [-0.4, -0.2) is 29.9 Å². The molecule has 28 heavy (non-hydrogen) atoms. The first-order valence-corrected chi connectivity index (χ1v) is 10.1. The molecule has 0 fully saturated rings. The van der Waals surface area contributed by atoms with Gasteiger partial charge in [0.1, 0.15) is 5.75 Å². The fraction of sp³-hybridized carbons (Fsp3) is 0.286. The maximum absolute atomic E-state index is 12.1. The molecule has 146 valence electrons. The van der Waals surface area contributed by atoms with Gasteiger partial charge in [0.25, 0.3) is 5.91 Å². The van der Waals surface area contributed by atoms with Gasteiger partial charge >= 0.3 is 0 Å². The lowest BCUT2D eigenvalue weighted by molar-refractivity contribution is -0.123. The van der Waals surface area contributed by atoms with E-state index in [0.717, 1.165) is 23.4 Å². The average molecular weight is 398 g/mol. The normalized spacial score (nSPS) is 10.6. The Bertz CT molecular complexity index is 904. The second-order valence-corrected chi connectivity index (χ2v) is 7.36. The van der Waals surface area contributed by atoms with Gasteiger partial charge in [0, 0.05) is 18.7 Å². The molecule has 0 spiro atoms. The number of anilines is 1. The summed E-state index contributed by atoms with van der Waals surface area (Å²) in [7, 11) is 0. The molecule has 0 bridgehead atoms. The molecule has 0 saturated carbocycles. The molecule has 0 radical (unpaired) electrons. The van der Waals surface area contributed by atoms with Crippen LogP contribution in [0.2, 0.25) is 0 Å². The number of hydrogen-bond donors (Lipinski definition) is 2. The van der Waals surface area contributed by atoms with E-state index in [4.69, 9.17) is 4.74 Å². The Hall–Kier alpha value is -2.93. The van der Waals surface area contributed by atoms with Crippen LogP contribution in [0.4, 0.5) is 5.69 Å². The number of fused-ring (bicyclic) bond motifs is 1. The minimum Gasteiger partial charge on any atom is -0.484 e. The smallest absolute Gasteiger partial charge is 0.257 e. The summed E-state index contributed by atoms with van der Waals surface area (Å²) in [6.45, 7) is 2.41. The lowest BCUT2D eigenvalue weighted by Crippen LogP contribution is -2.28. The van der Waals surface area contributed by atoms with E-state index in [2.05, 4.69) is 21.7 Å². The van der Waals surface area contributed by atoms with E-state index < -0.39 is 0 Å². The van der Waals surface area contributed by atoms with Crippen LogP contribution in [0.5, 0.6) is 5.75 Å². The summed E-state index contributed by atoms with van der Waals surface area (Å²) in [6.07, 6.45) is 1.98. The average Bonchev–Trinajstić information content (AvgIpc) is 3.10. The molecule has 3 rings (SSSR count). The van der Waals surface area contributed by atoms with Crippen LogP contribution in [0, 0.1) is 0 Å². The van der Waals surface area contributed by atoms with Gasteiger partial charge in [0.2, 0.25) is 5.91 Å². The number of hydrogen-bond acceptors (Lipinski definition) is 5. The largest absolute Gasteiger partial charge is 0.484 e. The molecule has 0 aliphatic heterocycles. The lowest BCUT2D eigenvalue weighted by Gasteiger charge is -2.08. The third-order valence-corrected chi connectivity index (χ3v) is 5.11. The van der Waals surface area contributed by atoms with Crippen molar-refractivity contribution < 1.29 is 14.3 Å². The molecule has 0 saturated heterocycles. The van der Waals surface area contributed by atoms with Crippen LogP contribution in [-0.2, 0) is 16.0 Å². The van der Waals surface area contributed by atoms with Crippen molar-refractivity contribution in [2.45, 2.75) is 26.2 Å². The zero-order chi connectivity index (χ0) is 19.8. The molecule has 0 atom stereocenters. The van der Waals surface area contributed by atoms with Crippen LogP contribution >= 0.6 is 11.3 Å². The van der Waals surface area contributed by atoms with Gasteiger partial charge in [-0.25, -0.2) is 4.98 Å². The Balaban J connectivity index is 1.41. The number of amides is 2. The van der Waals surface area contributed by atoms with Crippen LogP contribution in [0.25, 0.3) is 10.2 Å². The van der Waals surface area contributed by atoms with Crippen LogP contribution in [0.15, 0.2) is 48.5 Å². The molecule has 1 heterocycles. The van der Waals surface area contributed by atoms with Crippen molar-refractivity contribution in [2.75, 3.05) is 18.5 Å². The quantitative estimate of drug-likeness (QED) is 0.576. The number of rotatable bonds is 9. The molecule has 0 aliphatic carbocycles. The number of aryl methyl sites for hydroxylation is 1. The summed E-state index contributed by atoms with van der Waals surface area (Å²) in [5, 5.41) is 6.60. The number of nitrogens with one attached hydrogen (secondary N) is 2. The van der Waals surface area contributed by atoms with E-state index in [9.17, 15) is 9.59 Å². The number of para-hydroxylation sites is 1. The minimum atomic E-state index is -0.159. The molecule has 0 aliphatic rings. The van der Waals surface area contributed by atoms with Gasteiger partial charge in [0.15, 0.2) is 6.61 Å². The Morgan fingerprint density at radius 1 is 1.07 bits per heavy atom. The number of carbonyl (C=O) groups is 2. The highest BCUT2D eigenvalue weighted by atomic mass is 32.1. The number of ether oxygens (including phenoxy) is 1. The Labute approximate surface area is 167 Å². The predicted octanol–water partition coefficient (Wildman–Crippen LogP) is 3.77. The zero-order valence-electron chi connectivity index (χ0n) is 15.7. The molecule has 2 N–H and O–H groups in total. The van der Waals surface area contributed by atoms with Crippen molar-refractivity contribution in [1.29, 1.82) is 0 Å². The van der Waals surface area contributed by atoms with E-state index in [0.29, 0.717) is 24.4 Å². The zero-order valence-corrected chi connectivity index (χ0v) is 16.6. The highest BCUT2D eigenvalue weighted by molar-refractivity contribution is 7.18. The van der Waals surface area contributed by atoms with Gasteiger partial charge in [-0.3, -0.25) is 9.59 Å². The topological polar surface area (TPSA) is 80.3 Å². The number of likely N-dealkylation sites (N-methyl/N-ethyl adjacent to an activating group) is 1. The standard InChI is InChI=1S/C21H23N3O3S/c1-2-22-20(26)14-27-16-12-10-15(11-13-16)23-19(25)8-5-9-21-24-17-6-3-4-7-18(17)28-21/h3-4,6-7,10-13H,2,5,8-9,14H2,1H3,(H,22,26)(H,23,25). The van der Waals surface area contributed by atoms with E-state index >= 15 is 0 Å². The molecule has 3 aromatic rings. The van der Waals surface area contributed by atoms with Gasteiger partial charge in [-0.15, -0.1) is 11.3 Å². The van der Waals surface area contributed by atoms with Gasteiger partial charge in [0.05, 0.1) is 15.2 Å². The van der Waals surface area contributed by atoms with Crippen molar-refractivity contribution in [3.63, 3.8) is 0 Å². The second-order valence-electron chi connectivity index (χ2n) is 6.24. The van der Waals surface area contributed by atoms with E-state index in [1.165, 1.54) is 4.70 Å². The first kappa shape index (κ1) is 19.8. The number of carbonyl (C=O) groups excluding carboxylic acids is 2. The van der Waals surface area contributed by atoms with Crippen molar-refractivity contribution in [3.05, 3.63) is 53.5 Å². The van der Waals surface area contributed by atoms with Crippen molar-refractivity contribution in [2.24, 2.45) is 0 Å². The monoisotopic (exact) mass is 397 g/mol. The molecule has 2 aromatic carbocycles. The summed E-state index contributed by atoms with van der Waals surface area (Å²) in [5.74, 6) is 0.394. The first-order chi connectivity index (χ1) is 13.6. The maximum atomic E-state index is 12.1. The summed E-state index contributed by atoms with van der Waals surface area (Å²) in [6, 6.07) is 15.0. The fourth-order valence-corrected chi connectivity index (χ4v) is 3.69. The molecular formula is C21H23N3O3S. The second kappa shape index (κ2) is 9.85. The van der Waals surface area contributed by atoms with Crippen molar-refractivity contribution in [1.82, 2.24) is 10.3 Å². The number of benzene rings is 2.